The number of hydrogen-bond donors (Lipinski definition) is 1. The van der Waals surface area contributed by atoms with Crippen molar-refractivity contribution in [2.45, 2.75) is 19.0 Å². The van der Waals surface area contributed by atoms with Crippen LogP contribution in [0.15, 0.2) is 0 Å². The second-order valence-corrected chi connectivity index (χ2v) is 6.25. The molecule has 2 rings (SSSR count). The lowest BCUT2D eigenvalue weighted by molar-refractivity contribution is 0.0782. The first kappa shape index (κ1) is 11.7. The summed E-state index contributed by atoms with van der Waals surface area (Å²) in [5.74, 6) is 0.164. The summed E-state index contributed by atoms with van der Waals surface area (Å²) in [6.45, 7) is 3.18. The Morgan fingerprint density at radius 2 is 2.25 bits per heavy atom. The molecule has 2 aliphatic rings. The number of nitrogens with zero attached hydrogens (tertiary/aromatic N) is 1. The minimum absolute atomic E-state index is 0.0451. The fourth-order valence-electron chi connectivity index (χ4n) is 2.30. The zero-order chi connectivity index (χ0) is 11.8. The summed E-state index contributed by atoms with van der Waals surface area (Å²) in [7, 11) is -3.02. The first-order valence-corrected chi connectivity index (χ1v) is 7.23. The SMILES string of the molecule is CCOC(=O)N1CCN[C@H]2CS(=O)(=O)C[C@H]21. The van der Waals surface area contributed by atoms with Crippen molar-refractivity contribution in [2.24, 2.45) is 0 Å². The smallest absolute Gasteiger partial charge is 0.410 e. The van der Waals surface area contributed by atoms with Gasteiger partial charge in [0.25, 0.3) is 0 Å². The van der Waals surface area contributed by atoms with Gasteiger partial charge in [-0.25, -0.2) is 13.2 Å². The molecule has 0 aromatic heterocycles. The lowest BCUT2D eigenvalue weighted by atomic mass is 10.1. The van der Waals surface area contributed by atoms with Gasteiger partial charge in [0.2, 0.25) is 0 Å². The van der Waals surface area contributed by atoms with E-state index in [0.717, 1.165) is 0 Å². The number of sulfone groups is 1. The largest absolute Gasteiger partial charge is 0.450 e. The zero-order valence-electron chi connectivity index (χ0n) is 9.18. The fourth-order valence-corrected chi connectivity index (χ4v) is 4.26. The molecule has 0 aromatic carbocycles. The van der Waals surface area contributed by atoms with Crippen LogP contribution in [-0.2, 0) is 14.6 Å². The first-order chi connectivity index (χ1) is 7.53. The second kappa shape index (κ2) is 4.21. The van der Waals surface area contributed by atoms with Gasteiger partial charge in [-0.05, 0) is 6.92 Å². The quantitative estimate of drug-likeness (QED) is 0.658. The number of carbonyl (C=O) groups is 1. The van der Waals surface area contributed by atoms with Crippen LogP contribution in [0, 0.1) is 0 Å². The predicted molar refractivity (Wildman–Crippen MR) is 58.0 cm³/mol. The Morgan fingerprint density at radius 1 is 1.50 bits per heavy atom. The number of hydrogen-bond acceptors (Lipinski definition) is 5. The third-order valence-electron chi connectivity index (χ3n) is 2.98. The molecule has 0 radical (unpaired) electrons. The summed E-state index contributed by atoms with van der Waals surface area (Å²) in [5.41, 5.74) is 0. The van der Waals surface area contributed by atoms with Crippen LogP contribution in [0.3, 0.4) is 0 Å². The molecule has 0 saturated carbocycles. The van der Waals surface area contributed by atoms with Crippen molar-refractivity contribution in [2.75, 3.05) is 31.2 Å². The molecule has 2 atom stereocenters. The fraction of sp³-hybridized carbons (Fsp3) is 0.889. The van der Waals surface area contributed by atoms with Crippen molar-refractivity contribution in [1.82, 2.24) is 10.2 Å². The molecule has 1 amide bonds. The molecule has 16 heavy (non-hydrogen) atoms. The van der Waals surface area contributed by atoms with Crippen molar-refractivity contribution in [1.29, 1.82) is 0 Å². The number of piperazine rings is 1. The van der Waals surface area contributed by atoms with Gasteiger partial charge in [0.05, 0.1) is 24.2 Å². The molecule has 0 aromatic rings. The Bertz CT molecular complexity index is 381. The molecule has 2 heterocycles. The van der Waals surface area contributed by atoms with Crippen LogP contribution >= 0.6 is 0 Å². The Kier molecular flexibility index (Phi) is 3.07. The minimum Gasteiger partial charge on any atom is -0.450 e. The predicted octanol–water partition coefficient (Wildman–Crippen LogP) is -0.786. The topological polar surface area (TPSA) is 75.7 Å². The van der Waals surface area contributed by atoms with E-state index in [4.69, 9.17) is 4.74 Å². The van der Waals surface area contributed by atoms with Crippen molar-refractivity contribution < 1.29 is 17.9 Å². The Balaban J connectivity index is 2.13. The minimum atomic E-state index is -3.02. The van der Waals surface area contributed by atoms with E-state index in [0.29, 0.717) is 19.7 Å². The number of nitrogens with one attached hydrogen (secondary N) is 1. The molecular weight excluding hydrogens is 232 g/mol. The number of rotatable bonds is 1. The maximum absolute atomic E-state index is 11.6. The summed E-state index contributed by atoms with van der Waals surface area (Å²) in [6.07, 6.45) is -0.406. The molecule has 0 bridgehead atoms. The van der Waals surface area contributed by atoms with Crippen molar-refractivity contribution in [3.05, 3.63) is 0 Å². The van der Waals surface area contributed by atoms with Crippen LogP contribution in [-0.4, -0.2) is 62.7 Å². The number of fused-ring (bicyclic) bond motifs is 1. The van der Waals surface area contributed by atoms with E-state index >= 15 is 0 Å². The van der Waals surface area contributed by atoms with Gasteiger partial charge in [-0.3, -0.25) is 0 Å². The van der Waals surface area contributed by atoms with Crippen LogP contribution in [0.2, 0.25) is 0 Å². The van der Waals surface area contributed by atoms with Gasteiger partial charge in [-0.1, -0.05) is 0 Å². The van der Waals surface area contributed by atoms with E-state index in [1.807, 2.05) is 0 Å². The Labute approximate surface area is 94.9 Å². The summed E-state index contributed by atoms with van der Waals surface area (Å²) >= 11 is 0. The molecule has 7 heteroatoms. The van der Waals surface area contributed by atoms with Crippen molar-refractivity contribution in [3.8, 4) is 0 Å². The van der Waals surface area contributed by atoms with E-state index in [1.54, 1.807) is 6.92 Å². The maximum Gasteiger partial charge on any atom is 0.410 e. The summed E-state index contributed by atoms with van der Waals surface area (Å²) in [5, 5.41) is 3.14. The van der Waals surface area contributed by atoms with Crippen LogP contribution < -0.4 is 5.32 Å². The van der Waals surface area contributed by atoms with E-state index < -0.39 is 15.9 Å². The lowest BCUT2D eigenvalue weighted by Crippen LogP contribution is -2.59. The Hall–Kier alpha value is -0.820. The molecule has 2 fully saturated rings. The van der Waals surface area contributed by atoms with Crippen molar-refractivity contribution in [3.63, 3.8) is 0 Å². The van der Waals surface area contributed by atoms with Crippen LogP contribution in [0.1, 0.15) is 6.92 Å². The molecule has 6 nitrogen and oxygen atoms in total. The van der Waals surface area contributed by atoms with Gasteiger partial charge >= 0.3 is 6.09 Å². The first-order valence-electron chi connectivity index (χ1n) is 5.40. The molecule has 92 valence electrons. The average molecular weight is 248 g/mol. The standard InChI is InChI=1S/C9H16N2O4S/c1-2-15-9(12)11-4-3-10-7-5-16(13,14)6-8(7)11/h7-8,10H,2-6H2,1H3/t7-,8+/m0/s1. The molecule has 1 N–H and O–H groups in total. The Morgan fingerprint density at radius 3 is 2.94 bits per heavy atom. The number of ether oxygens (including phenoxy) is 1. The van der Waals surface area contributed by atoms with Gasteiger partial charge in [-0.15, -0.1) is 0 Å². The third-order valence-corrected chi connectivity index (χ3v) is 4.70. The zero-order valence-corrected chi connectivity index (χ0v) is 10.00. The maximum atomic E-state index is 11.6. The second-order valence-electron chi connectivity index (χ2n) is 4.10. The van der Waals surface area contributed by atoms with E-state index in [1.165, 1.54) is 4.90 Å². The molecule has 0 unspecified atom stereocenters. The van der Waals surface area contributed by atoms with Gasteiger partial charge in [0, 0.05) is 19.1 Å². The van der Waals surface area contributed by atoms with Crippen molar-refractivity contribution >= 4 is 15.9 Å². The molecule has 2 saturated heterocycles. The molecule has 2 aliphatic heterocycles. The monoisotopic (exact) mass is 248 g/mol. The summed E-state index contributed by atoms with van der Waals surface area (Å²) < 4.78 is 27.9. The van der Waals surface area contributed by atoms with Gasteiger partial charge < -0.3 is 15.0 Å². The highest BCUT2D eigenvalue weighted by Gasteiger charge is 2.44. The molecule has 0 aliphatic carbocycles. The van der Waals surface area contributed by atoms with Crippen LogP contribution in [0.25, 0.3) is 0 Å². The van der Waals surface area contributed by atoms with E-state index in [9.17, 15) is 13.2 Å². The van der Waals surface area contributed by atoms with Crippen LogP contribution in [0.4, 0.5) is 4.79 Å². The van der Waals surface area contributed by atoms with Crippen LogP contribution in [0.5, 0.6) is 0 Å². The van der Waals surface area contributed by atoms with Gasteiger partial charge in [-0.2, -0.15) is 0 Å². The highest BCUT2D eigenvalue weighted by atomic mass is 32.2. The molecular formula is C9H16N2O4S. The highest BCUT2D eigenvalue weighted by Crippen LogP contribution is 2.21. The third kappa shape index (κ3) is 2.15. The molecule has 0 spiro atoms. The van der Waals surface area contributed by atoms with E-state index in [2.05, 4.69) is 5.32 Å². The number of carbonyl (C=O) groups excluding carboxylic acids is 1. The van der Waals surface area contributed by atoms with Gasteiger partial charge in [0.15, 0.2) is 9.84 Å². The normalized spacial score (nSPS) is 32.2. The van der Waals surface area contributed by atoms with Gasteiger partial charge in [0.1, 0.15) is 0 Å². The number of amides is 1. The highest BCUT2D eigenvalue weighted by molar-refractivity contribution is 7.91. The average Bonchev–Trinajstić information content (AvgIpc) is 2.51. The summed E-state index contributed by atoms with van der Waals surface area (Å²) in [4.78, 5) is 13.2. The van der Waals surface area contributed by atoms with E-state index in [-0.39, 0.29) is 23.6 Å². The lowest BCUT2D eigenvalue weighted by Gasteiger charge is -2.36. The summed E-state index contributed by atoms with van der Waals surface area (Å²) in [6, 6.07) is -0.402.